The number of carbonyl (C=O) groups excluding carboxylic acids is 1. The molecule has 1 saturated heterocycles. The molecule has 1 N–H and O–H groups in total. The zero-order chi connectivity index (χ0) is 11.3. The van der Waals surface area contributed by atoms with Gasteiger partial charge in [-0.2, -0.15) is 0 Å². The van der Waals surface area contributed by atoms with E-state index in [-0.39, 0.29) is 5.91 Å². The predicted octanol–water partition coefficient (Wildman–Crippen LogP) is 2.11. The van der Waals surface area contributed by atoms with Gasteiger partial charge in [-0.3, -0.25) is 4.79 Å². The summed E-state index contributed by atoms with van der Waals surface area (Å²) < 4.78 is 0.851. The molecule has 0 atom stereocenters. The first-order valence-electron chi connectivity index (χ1n) is 5.35. The third-order valence-electron chi connectivity index (χ3n) is 3.37. The minimum atomic E-state index is -0.584. The van der Waals surface area contributed by atoms with Gasteiger partial charge in [0.05, 0.1) is 13.1 Å². The predicted molar refractivity (Wildman–Crippen MR) is 65.6 cm³/mol. The highest BCUT2D eigenvalue weighted by Gasteiger charge is 2.53. The smallest absolute Gasteiger partial charge is 0.265 e. The average molecular weight is 302 g/mol. The molecule has 3 rings (SSSR count). The van der Waals surface area contributed by atoms with Crippen molar-refractivity contribution in [1.82, 2.24) is 4.90 Å². The van der Waals surface area contributed by atoms with Gasteiger partial charge < -0.3 is 10.0 Å². The van der Waals surface area contributed by atoms with E-state index in [9.17, 15) is 9.90 Å². The van der Waals surface area contributed by atoms with Crippen LogP contribution in [0.1, 0.15) is 22.5 Å². The Morgan fingerprint density at radius 3 is 2.75 bits per heavy atom. The van der Waals surface area contributed by atoms with Crippen molar-refractivity contribution in [3.63, 3.8) is 0 Å². The number of thiophene rings is 1. The van der Waals surface area contributed by atoms with Crippen molar-refractivity contribution in [3.8, 4) is 0 Å². The Morgan fingerprint density at radius 2 is 2.25 bits per heavy atom. The molecule has 0 aromatic carbocycles. The third-order valence-corrected chi connectivity index (χ3v) is 5.19. The molecule has 86 valence electrons. The number of hydrogen-bond donors (Lipinski definition) is 1. The Balaban J connectivity index is 1.68. The SMILES string of the molecule is O=C(c1sccc1Br)N1CC(O)(C2CC2)C1. The molecule has 16 heavy (non-hydrogen) atoms. The Labute approximate surface area is 106 Å². The number of hydrogen-bond acceptors (Lipinski definition) is 3. The van der Waals surface area contributed by atoms with Gasteiger partial charge in [-0.25, -0.2) is 0 Å². The molecule has 2 aliphatic rings. The number of aliphatic hydroxyl groups is 1. The summed E-state index contributed by atoms with van der Waals surface area (Å²) in [4.78, 5) is 14.5. The highest BCUT2D eigenvalue weighted by atomic mass is 79.9. The van der Waals surface area contributed by atoms with E-state index in [1.54, 1.807) is 4.90 Å². The molecule has 1 aromatic heterocycles. The summed E-state index contributed by atoms with van der Waals surface area (Å²) >= 11 is 4.80. The molecule has 5 heteroatoms. The van der Waals surface area contributed by atoms with Crippen LogP contribution in [0.25, 0.3) is 0 Å². The summed E-state index contributed by atoms with van der Waals surface area (Å²) in [5, 5.41) is 12.0. The fourth-order valence-electron chi connectivity index (χ4n) is 2.23. The largest absolute Gasteiger partial charge is 0.386 e. The number of halogens is 1. The summed E-state index contributed by atoms with van der Waals surface area (Å²) in [7, 11) is 0. The first-order valence-corrected chi connectivity index (χ1v) is 7.02. The van der Waals surface area contributed by atoms with Crippen LogP contribution in [-0.2, 0) is 0 Å². The van der Waals surface area contributed by atoms with Gasteiger partial charge in [-0.15, -0.1) is 11.3 Å². The molecule has 2 fully saturated rings. The molecule has 0 unspecified atom stereocenters. The van der Waals surface area contributed by atoms with Crippen LogP contribution < -0.4 is 0 Å². The van der Waals surface area contributed by atoms with Gasteiger partial charge in [0.25, 0.3) is 5.91 Å². The maximum Gasteiger partial charge on any atom is 0.265 e. The maximum absolute atomic E-state index is 12.0. The molecule has 1 aliphatic heterocycles. The number of β-amino-alcohol motifs (C(OH)–C–C–N with tert-alkyl or cyclic N) is 1. The fourth-order valence-corrected chi connectivity index (χ4v) is 3.73. The van der Waals surface area contributed by atoms with E-state index in [4.69, 9.17) is 0 Å². The Bertz CT molecular complexity index is 435. The second-order valence-corrected chi connectivity index (χ2v) is 6.41. The standard InChI is InChI=1S/C11H12BrNO2S/c12-8-3-4-16-9(8)10(14)13-5-11(15,6-13)7-1-2-7/h3-4,7,15H,1-2,5-6H2. The Kier molecular flexibility index (Phi) is 2.38. The third kappa shape index (κ3) is 1.61. The number of nitrogens with zero attached hydrogens (tertiary/aromatic N) is 1. The molecule has 0 spiro atoms. The second-order valence-electron chi connectivity index (χ2n) is 4.64. The van der Waals surface area contributed by atoms with Gasteiger partial charge in [0.1, 0.15) is 10.5 Å². The van der Waals surface area contributed by atoms with E-state index in [0.717, 1.165) is 22.2 Å². The monoisotopic (exact) mass is 301 g/mol. The van der Waals surface area contributed by atoms with Gasteiger partial charge in [-0.1, -0.05) is 0 Å². The molecule has 1 aliphatic carbocycles. The lowest BCUT2D eigenvalue weighted by molar-refractivity contribution is -0.0956. The Morgan fingerprint density at radius 1 is 1.56 bits per heavy atom. The molecule has 1 aromatic rings. The van der Waals surface area contributed by atoms with E-state index in [0.29, 0.717) is 19.0 Å². The van der Waals surface area contributed by atoms with Gasteiger partial charge in [0.2, 0.25) is 0 Å². The average Bonchev–Trinajstić information content (AvgIpc) is 2.97. The molecular formula is C11H12BrNO2S. The van der Waals surface area contributed by atoms with Crippen molar-refractivity contribution in [2.24, 2.45) is 5.92 Å². The van der Waals surface area contributed by atoms with Crippen molar-refractivity contribution < 1.29 is 9.90 Å². The van der Waals surface area contributed by atoms with Crippen molar-refractivity contribution in [1.29, 1.82) is 0 Å². The van der Waals surface area contributed by atoms with Crippen molar-refractivity contribution in [2.75, 3.05) is 13.1 Å². The van der Waals surface area contributed by atoms with Crippen LogP contribution in [0.2, 0.25) is 0 Å². The van der Waals surface area contributed by atoms with Crippen LogP contribution in [-0.4, -0.2) is 34.6 Å². The molecule has 1 amide bonds. The van der Waals surface area contributed by atoms with E-state index in [1.807, 2.05) is 11.4 Å². The highest BCUT2D eigenvalue weighted by molar-refractivity contribution is 9.10. The summed E-state index contributed by atoms with van der Waals surface area (Å²) in [6.45, 7) is 1.00. The molecule has 3 nitrogen and oxygen atoms in total. The lowest BCUT2D eigenvalue weighted by Gasteiger charge is -2.46. The van der Waals surface area contributed by atoms with Gasteiger partial charge in [0.15, 0.2) is 0 Å². The van der Waals surface area contributed by atoms with Crippen LogP contribution in [0.3, 0.4) is 0 Å². The number of amides is 1. The zero-order valence-corrected chi connectivity index (χ0v) is 11.1. The first kappa shape index (κ1) is 10.7. The van der Waals surface area contributed by atoms with Crippen LogP contribution >= 0.6 is 27.3 Å². The second kappa shape index (κ2) is 3.55. The summed E-state index contributed by atoms with van der Waals surface area (Å²) in [6.07, 6.45) is 2.22. The number of carbonyl (C=O) groups is 1. The summed E-state index contributed by atoms with van der Waals surface area (Å²) in [6, 6.07) is 1.88. The van der Waals surface area contributed by atoms with Crippen LogP contribution in [0.5, 0.6) is 0 Å². The molecular weight excluding hydrogens is 290 g/mol. The van der Waals surface area contributed by atoms with Crippen LogP contribution in [0.4, 0.5) is 0 Å². The fraction of sp³-hybridized carbons (Fsp3) is 0.545. The van der Waals surface area contributed by atoms with Crippen molar-refractivity contribution in [2.45, 2.75) is 18.4 Å². The van der Waals surface area contributed by atoms with E-state index >= 15 is 0 Å². The summed E-state index contributed by atoms with van der Waals surface area (Å²) in [5.41, 5.74) is -0.584. The maximum atomic E-state index is 12.0. The molecule has 1 saturated carbocycles. The quantitative estimate of drug-likeness (QED) is 0.909. The van der Waals surface area contributed by atoms with E-state index in [2.05, 4.69) is 15.9 Å². The first-order chi connectivity index (χ1) is 7.60. The Hall–Kier alpha value is -0.390. The van der Waals surface area contributed by atoms with Gasteiger partial charge >= 0.3 is 0 Å². The number of likely N-dealkylation sites (tertiary alicyclic amines) is 1. The van der Waals surface area contributed by atoms with Crippen molar-refractivity contribution in [3.05, 3.63) is 20.8 Å². The topological polar surface area (TPSA) is 40.5 Å². The normalized spacial score (nSPS) is 23.0. The van der Waals surface area contributed by atoms with E-state index in [1.165, 1.54) is 11.3 Å². The lowest BCUT2D eigenvalue weighted by atomic mass is 9.88. The summed E-state index contributed by atoms with van der Waals surface area (Å²) in [5.74, 6) is 0.468. The van der Waals surface area contributed by atoms with Gasteiger partial charge in [-0.05, 0) is 46.1 Å². The lowest BCUT2D eigenvalue weighted by Crippen LogP contribution is -2.64. The minimum absolute atomic E-state index is 0.0344. The van der Waals surface area contributed by atoms with Crippen LogP contribution in [0, 0.1) is 5.92 Å². The van der Waals surface area contributed by atoms with Crippen LogP contribution in [0.15, 0.2) is 15.9 Å². The highest BCUT2D eigenvalue weighted by Crippen LogP contribution is 2.45. The van der Waals surface area contributed by atoms with Crippen molar-refractivity contribution >= 4 is 33.2 Å². The molecule has 2 heterocycles. The number of rotatable bonds is 2. The molecule has 0 radical (unpaired) electrons. The van der Waals surface area contributed by atoms with E-state index < -0.39 is 5.60 Å². The van der Waals surface area contributed by atoms with Gasteiger partial charge in [0, 0.05) is 4.47 Å². The zero-order valence-electron chi connectivity index (χ0n) is 8.65. The minimum Gasteiger partial charge on any atom is -0.386 e. The molecule has 0 bridgehead atoms.